The van der Waals surface area contributed by atoms with E-state index in [0.717, 1.165) is 5.56 Å². The van der Waals surface area contributed by atoms with E-state index in [2.05, 4.69) is 13.8 Å². The molecule has 0 bridgehead atoms. The molecule has 1 unspecified atom stereocenters. The van der Waals surface area contributed by atoms with Gasteiger partial charge in [-0.1, -0.05) is 44.2 Å². The lowest BCUT2D eigenvalue weighted by atomic mass is 9.87. The van der Waals surface area contributed by atoms with Gasteiger partial charge in [-0.2, -0.15) is 0 Å². The Labute approximate surface area is 171 Å². The Bertz CT molecular complexity index is 889. The molecule has 6 nitrogen and oxygen atoms in total. The Morgan fingerprint density at radius 1 is 0.862 bits per heavy atom. The average molecular weight is 394 g/mol. The third kappa shape index (κ3) is 3.92. The van der Waals surface area contributed by atoms with E-state index in [1.54, 1.807) is 23.1 Å². The van der Waals surface area contributed by atoms with Crippen LogP contribution in [0.5, 0.6) is 11.5 Å². The molecule has 0 spiro atoms. The van der Waals surface area contributed by atoms with Crippen LogP contribution in [0.3, 0.4) is 0 Å². The van der Waals surface area contributed by atoms with Crippen molar-refractivity contribution >= 4 is 11.8 Å². The molecule has 0 aromatic heterocycles. The number of amides is 2. The van der Waals surface area contributed by atoms with Crippen LogP contribution >= 0.6 is 0 Å². The maximum absolute atomic E-state index is 13.2. The van der Waals surface area contributed by atoms with Gasteiger partial charge >= 0.3 is 0 Å². The van der Waals surface area contributed by atoms with Crippen LogP contribution in [0.2, 0.25) is 0 Å². The van der Waals surface area contributed by atoms with Crippen LogP contribution in [-0.4, -0.2) is 54.6 Å². The zero-order chi connectivity index (χ0) is 20.4. The molecule has 4 rings (SSSR count). The molecular weight excluding hydrogens is 368 g/mol. The second-order valence-corrected chi connectivity index (χ2v) is 7.82. The molecule has 0 saturated carbocycles. The number of benzene rings is 2. The quantitative estimate of drug-likeness (QED) is 0.799. The van der Waals surface area contributed by atoms with Crippen molar-refractivity contribution in [3.8, 4) is 11.5 Å². The molecule has 29 heavy (non-hydrogen) atoms. The van der Waals surface area contributed by atoms with E-state index in [0.29, 0.717) is 43.2 Å². The maximum atomic E-state index is 13.2. The van der Waals surface area contributed by atoms with E-state index >= 15 is 0 Å². The summed E-state index contributed by atoms with van der Waals surface area (Å²) >= 11 is 0. The summed E-state index contributed by atoms with van der Waals surface area (Å²) in [4.78, 5) is 29.8. The summed E-state index contributed by atoms with van der Waals surface area (Å²) < 4.78 is 10.7. The van der Waals surface area contributed by atoms with Gasteiger partial charge in [0.2, 0.25) is 12.7 Å². The van der Waals surface area contributed by atoms with Gasteiger partial charge in [-0.25, -0.2) is 0 Å². The first-order valence-electron chi connectivity index (χ1n) is 10.1. The van der Waals surface area contributed by atoms with Gasteiger partial charge < -0.3 is 19.3 Å². The van der Waals surface area contributed by atoms with Crippen molar-refractivity contribution in [2.45, 2.75) is 19.8 Å². The number of piperazine rings is 1. The summed E-state index contributed by atoms with van der Waals surface area (Å²) in [5.41, 5.74) is 1.63. The van der Waals surface area contributed by atoms with Crippen LogP contribution in [0.4, 0.5) is 0 Å². The zero-order valence-electron chi connectivity index (χ0n) is 16.8. The highest BCUT2D eigenvalue weighted by molar-refractivity contribution is 5.95. The number of hydrogen-bond donors (Lipinski definition) is 0. The number of carbonyl (C=O) groups excluding carboxylic acids is 2. The summed E-state index contributed by atoms with van der Waals surface area (Å²) in [5, 5.41) is 0. The van der Waals surface area contributed by atoms with Crippen LogP contribution in [0, 0.1) is 5.92 Å². The van der Waals surface area contributed by atoms with Crippen LogP contribution < -0.4 is 9.47 Å². The largest absolute Gasteiger partial charge is 0.454 e. The van der Waals surface area contributed by atoms with Crippen molar-refractivity contribution in [3.63, 3.8) is 0 Å². The molecular formula is C23H26N2O4. The highest BCUT2D eigenvalue weighted by Gasteiger charge is 2.32. The van der Waals surface area contributed by atoms with Gasteiger partial charge in [0.25, 0.3) is 5.91 Å². The van der Waals surface area contributed by atoms with E-state index in [4.69, 9.17) is 9.47 Å². The molecule has 6 heteroatoms. The van der Waals surface area contributed by atoms with E-state index in [9.17, 15) is 9.59 Å². The summed E-state index contributed by atoms with van der Waals surface area (Å²) in [7, 11) is 0. The zero-order valence-corrected chi connectivity index (χ0v) is 16.8. The Balaban J connectivity index is 1.41. The van der Waals surface area contributed by atoms with Gasteiger partial charge in [-0.05, 0) is 29.7 Å². The lowest BCUT2D eigenvalue weighted by molar-refractivity contribution is -0.135. The lowest BCUT2D eigenvalue weighted by Gasteiger charge is -2.37. The third-order valence-electron chi connectivity index (χ3n) is 5.59. The smallest absolute Gasteiger partial charge is 0.254 e. The highest BCUT2D eigenvalue weighted by Crippen LogP contribution is 2.33. The van der Waals surface area contributed by atoms with E-state index in [1.807, 2.05) is 35.2 Å². The second-order valence-electron chi connectivity index (χ2n) is 7.82. The Hall–Kier alpha value is -3.02. The van der Waals surface area contributed by atoms with Crippen LogP contribution in [0.1, 0.15) is 35.7 Å². The minimum Gasteiger partial charge on any atom is -0.454 e. The number of ether oxygens (including phenoxy) is 2. The first kappa shape index (κ1) is 19.3. The minimum absolute atomic E-state index is 0.0427. The summed E-state index contributed by atoms with van der Waals surface area (Å²) in [6.07, 6.45) is 0. The van der Waals surface area contributed by atoms with Crippen molar-refractivity contribution in [1.29, 1.82) is 0 Å². The number of rotatable bonds is 4. The fraction of sp³-hybridized carbons (Fsp3) is 0.391. The fourth-order valence-corrected chi connectivity index (χ4v) is 4.01. The normalized spacial score (nSPS) is 16.8. The first-order valence-corrected chi connectivity index (χ1v) is 10.1. The SMILES string of the molecule is CC(C)C(C(=O)N1CCN(C(=O)c2ccc3c(c2)OCO3)CC1)c1ccccc1. The van der Waals surface area contributed by atoms with Crippen LogP contribution in [-0.2, 0) is 4.79 Å². The van der Waals surface area contributed by atoms with Crippen molar-refractivity contribution in [3.05, 3.63) is 59.7 Å². The Kier molecular flexibility index (Phi) is 5.43. The average Bonchev–Trinajstić information content (AvgIpc) is 3.22. The molecule has 0 aliphatic carbocycles. The standard InChI is InChI=1S/C23H26N2O4/c1-16(2)21(17-6-4-3-5-7-17)23(27)25-12-10-24(11-13-25)22(26)18-8-9-19-20(14-18)29-15-28-19/h3-9,14,16,21H,10-13,15H2,1-2H3. The highest BCUT2D eigenvalue weighted by atomic mass is 16.7. The molecule has 0 N–H and O–H groups in total. The van der Waals surface area contributed by atoms with Gasteiger partial charge in [0.1, 0.15) is 0 Å². The van der Waals surface area contributed by atoms with Crippen molar-refractivity contribution in [2.24, 2.45) is 5.92 Å². The summed E-state index contributed by atoms with van der Waals surface area (Å²) in [6.45, 7) is 6.49. The Morgan fingerprint density at radius 2 is 1.52 bits per heavy atom. The molecule has 2 aliphatic heterocycles. The van der Waals surface area contributed by atoms with E-state index in [-0.39, 0.29) is 30.4 Å². The lowest BCUT2D eigenvalue weighted by Crippen LogP contribution is -2.52. The molecule has 1 atom stereocenters. The van der Waals surface area contributed by atoms with Crippen molar-refractivity contribution in [2.75, 3.05) is 33.0 Å². The van der Waals surface area contributed by atoms with E-state index in [1.165, 1.54) is 0 Å². The number of carbonyl (C=O) groups is 2. The summed E-state index contributed by atoms with van der Waals surface area (Å²) in [6, 6.07) is 15.2. The first-order chi connectivity index (χ1) is 14.0. The van der Waals surface area contributed by atoms with Crippen molar-refractivity contribution in [1.82, 2.24) is 9.80 Å². The molecule has 2 heterocycles. The number of nitrogens with zero attached hydrogens (tertiary/aromatic N) is 2. The van der Waals surface area contributed by atoms with Crippen molar-refractivity contribution < 1.29 is 19.1 Å². The van der Waals surface area contributed by atoms with Crippen LogP contribution in [0.25, 0.3) is 0 Å². The molecule has 152 valence electrons. The van der Waals surface area contributed by atoms with Gasteiger partial charge in [-0.3, -0.25) is 9.59 Å². The predicted octanol–water partition coefficient (Wildman–Crippen LogP) is 3.14. The molecule has 2 aliphatic rings. The molecule has 2 aromatic carbocycles. The number of hydrogen-bond acceptors (Lipinski definition) is 4. The maximum Gasteiger partial charge on any atom is 0.254 e. The van der Waals surface area contributed by atoms with Gasteiger partial charge in [0.15, 0.2) is 11.5 Å². The monoisotopic (exact) mass is 394 g/mol. The Morgan fingerprint density at radius 3 is 2.21 bits per heavy atom. The predicted molar refractivity (Wildman–Crippen MR) is 109 cm³/mol. The topological polar surface area (TPSA) is 59.1 Å². The van der Waals surface area contributed by atoms with Crippen LogP contribution in [0.15, 0.2) is 48.5 Å². The van der Waals surface area contributed by atoms with Gasteiger partial charge in [-0.15, -0.1) is 0 Å². The second kappa shape index (κ2) is 8.15. The molecule has 2 amide bonds. The molecule has 1 fully saturated rings. The molecule has 2 aromatic rings. The minimum atomic E-state index is -0.160. The van der Waals surface area contributed by atoms with Gasteiger partial charge in [0, 0.05) is 31.7 Å². The third-order valence-corrected chi connectivity index (χ3v) is 5.59. The fourth-order valence-electron chi connectivity index (χ4n) is 4.01. The van der Waals surface area contributed by atoms with E-state index < -0.39 is 0 Å². The summed E-state index contributed by atoms with van der Waals surface area (Å²) in [5.74, 6) is 1.41. The number of fused-ring (bicyclic) bond motifs is 1. The molecule has 0 radical (unpaired) electrons. The van der Waals surface area contributed by atoms with Gasteiger partial charge in [0.05, 0.1) is 5.92 Å². The molecule has 1 saturated heterocycles.